The van der Waals surface area contributed by atoms with Gasteiger partial charge >= 0.3 is 0 Å². The molecule has 1 aromatic heterocycles. The van der Waals surface area contributed by atoms with Gasteiger partial charge in [-0.2, -0.15) is 9.36 Å². The van der Waals surface area contributed by atoms with Gasteiger partial charge in [-0.25, -0.2) is 0 Å². The van der Waals surface area contributed by atoms with Gasteiger partial charge in [0.25, 0.3) is 0 Å². The molecule has 5 nitrogen and oxygen atoms in total. The van der Waals surface area contributed by atoms with Gasteiger partial charge in [0.1, 0.15) is 0 Å². The first-order valence-corrected chi connectivity index (χ1v) is 6.06. The summed E-state index contributed by atoms with van der Waals surface area (Å²) in [6.45, 7) is 8.70. The van der Waals surface area contributed by atoms with Crippen molar-refractivity contribution in [2.45, 2.75) is 19.9 Å². The number of hydrogen-bond acceptors (Lipinski definition) is 6. The molecule has 2 heterocycles. The lowest BCUT2D eigenvalue weighted by molar-refractivity contribution is 0.199. The molecule has 0 spiro atoms. The highest BCUT2D eigenvalue weighted by Gasteiger charge is 2.24. The number of nitrogen functional groups attached to an aromatic ring is 1. The summed E-state index contributed by atoms with van der Waals surface area (Å²) in [7, 11) is 0. The Bertz CT molecular complexity index is 326. The first kappa shape index (κ1) is 10.6. The first-order chi connectivity index (χ1) is 7.20. The summed E-state index contributed by atoms with van der Waals surface area (Å²) in [6, 6.07) is 0.578. The third-order valence-electron chi connectivity index (χ3n) is 2.87. The molecule has 1 aromatic rings. The molecular formula is C9H17N5S. The molecule has 15 heavy (non-hydrogen) atoms. The molecule has 1 atom stereocenters. The maximum atomic E-state index is 5.52. The zero-order chi connectivity index (χ0) is 10.8. The van der Waals surface area contributed by atoms with Crippen LogP contribution in [0.15, 0.2) is 0 Å². The van der Waals surface area contributed by atoms with E-state index in [4.69, 9.17) is 5.73 Å². The van der Waals surface area contributed by atoms with Crippen molar-refractivity contribution >= 4 is 22.6 Å². The van der Waals surface area contributed by atoms with Gasteiger partial charge in [0.15, 0.2) is 0 Å². The highest BCUT2D eigenvalue weighted by atomic mass is 32.1. The third-order valence-corrected chi connectivity index (χ3v) is 3.66. The van der Waals surface area contributed by atoms with E-state index < -0.39 is 0 Å². The predicted molar refractivity (Wildman–Crippen MR) is 63.2 cm³/mol. The summed E-state index contributed by atoms with van der Waals surface area (Å²) in [6.07, 6.45) is 0. The molecule has 1 saturated heterocycles. The van der Waals surface area contributed by atoms with Gasteiger partial charge < -0.3 is 10.6 Å². The summed E-state index contributed by atoms with van der Waals surface area (Å²) in [5.74, 6) is 0.389. The highest BCUT2D eigenvalue weighted by molar-refractivity contribution is 7.09. The number of hydrogen-bond donors (Lipinski definition) is 1. The van der Waals surface area contributed by atoms with Crippen LogP contribution in [0.3, 0.4) is 0 Å². The minimum atomic E-state index is 0.389. The van der Waals surface area contributed by atoms with Gasteiger partial charge in [-0.15, -0.1) is 0 Å². The van der Waals surface area contributed by atoms with Crippen LogP contribution in [-0.4, -0.2) is 46.5 Å². The number of likely N-dealkylation sites (N-methyl/N-ethyl adjacent to an activating group) is 1. The van der Waals surface area contributed by atoms with E-state index >= 15 is 0 Å². The van der Waals surface area contributed by atoms with Crippen LogP contribution in [0.5, 0.6) is 0 Å². The maximum absolute atomic E-state index is 5.52. The van der Waals surface area contributed by atoms with Crippen molar-refractivity contribution in [3.63, 3.8) is 0 Å². The molecule has 2 rings (SSSR count). The Morgan fingerprint density at radius 1 is 1.53 bits per heavy atom. The Hall–Kier alpha value is -0.880. The summed E-state index contributed by atoms with van der Waals surface area (Å²) in [4.78, 5) is 8.95. The SMILES string of the molecule is CCN1CCN(c2nc(N)ns2)CC1C. The monoisotopic (exact) mass is 227 g/mol. The van der Waals surface area contributed by atoms with E-state index in [9.17, 15) is 0 Å². The largest absolute Gasteiger partial charge is 0.367 e. The fraction of sp³-hybridized carbons (Fsp3) is 0.778. The Morgan fingerprint density at radius 3 is 2.87 bits per heavy atom. The number of aromatic nitrogens is 2. The van der Waals surface area contributed by atoms with Crippen LogP contribution in [0.1, 0.15) is 13.8 Å². The molecule has 0 saturated carbocycles. The smallest absolute Gasteiger partial charge is 0.233 e. The predicted octanol–water partition coefficient (Wildman–Crippen LogP) is 0.651. The van der Waals surface area contributed by atoms with E-state index in [-0.39, 0.29) is 0 Å². The van der Waals surface area contributed by atoms with Gasteiger partial charge in [-0.3, -0.25) is 4.90 Å². The highest BCUT2D eigenvalue weighted by Crippen LogP contribution is 2.21. The van der Waals surface area contributed by atoms with Crippen molar-refractivity contribution in [2.75, 3.05) is 36.8 Å². The van der Waals surface area contributed by atoms with Gasteiger partial charge in [0.2, 0.25) is 11.1 Å². The first-order valence-electron chi connectivity index (χ1n) is 5.29. The second kappa shape index (κ2) is 4.32. The van der Waals surface area contributed by atoms with Crippen molar-refractivity contribution in [2.24, 2.45) is 0 Å². The quantitative estimate of drug-likeness (QED) is 0.804. The number of nitrogens with zero attached hydrogens (tertiary/aromatic N) is 4. The van der Waals surface area contributed by atoms with Crippen molar-refractivity contribution in [3.05, 3.63) is 0 Å². The Kier molecular flexibility index (Phi) is 3.06. The van der Waals surface area contributed by atoms with Gasteiger partial charge in [-0.1, -0.05) is 6.92 Å². The lowest BCUT2D eigenvalue weighted by Gasteiger charge is -2.38. The Labute approximate surface area is 94.1 Å². The number of anilines is 2. The van der Waals surface area contributed by atoms with E-state index in [0.29, 0.717) is 12.0 Å². The topological polar surface area (TPSA) is 58.3 Å². The van der Waals surface area contributed by atoms with Gasteiger partial charge in [0.05, 0.1) is 0 Å². The molecule has 0 amide bonds. The van der Waals surface area contributed by atoms with Gasteiger partial charge in [-0.05, 0) is 13.5 Å². The van der Waals surface area contributed by atoms with E-state index in [2.05, 4.69) is 33.0 Å². The average Bonchev–Trinajstić information content (AvgIpc) is 2.65. The van der Waals surface area contributed by atoms with Crippen molar-refractivity contribution in [1.82, 2.24) is 14.3 Å². The minimum Gasteiger partial charge on any atom is -0.367 e. The van der Waals surface area contributed by atoms with Crippen molar-refractivity contribution in [1.29, 1.82) is 0 Å². The van der Waals surface area contributed by atoms with Crippen LogP contribution in [0.25, 0.3) is 0 Å². The van der Waals surface area contributed by atoms with Crippen LogP contribution < -0.4 is 10.6 Å². The van der Waals surface area contributed by atoms with Crippen LogP contribution in [0.4, 0.5) is 11.1 Å². The average molecular weight is 227 g/mol. The Morgan fingerprint density at radius 2 is 2.33 bits per heavy atom. The van der Waals surface area contributed by atoms with E-state index in [1.165, 1.54) is 11.5 Å². The molecule has 0 bridgehead atoms. The Balaban J connectivity index is 2.02. The van der Waals surface area contributed by atoms with Crippen molar-refractivity contribution < 1.29 is 0 Å². The van der Waals surface area contributed by atoms with Crippen molar-refractivity contribution in [3.8, 4) is 0 Å². The van der Waals surface area contributed by atoms with Crippen LogP contribution >= 0.6 is 11.5 Å². The lowest BCUT2D eigenvalue weighted by atomic mass is 10.2. The molecule has 0 radical (unpaired) electrons. The fourth-order valence-corrected chi connectivity index (χ4v) is 2.63. The fourth-order valence-electron chi connectivity index (χ4n) is 1.99. The zero-order valence-corrected chi connectivity index (χ0v) is 10.00. The molecule has 1 unspecified atom stereocenters. The third kappa shape index (κ3) is 2.21. The number of rotatable bonds is 2. The van der Waals surface area contributed by atoms with Gasteiger partial charge in [0, 0.05) is 37.2 Å². The summed E-state index contributed by atoms with van der Waals surface area (Å²) >= 11 is 1.39. The van der Waals surface area contributed by atoms with E-state index in [1.807, 2.05) is 0 Å². The minimum absolute atomic E-state index is 0.389. The second-order valence-electron chi connectivity index (χ2n) is 3.86. The molecule has 2 N–H and O–H groups in total. The standard InChI is InChI=1S/C9H17N5S/c1-3-13-4-5-14(6-7(13)2)9-11-8(10)12-15-9/h7H,3-6H2,1-2H3,(H2,10,12). The zero-order valence-electron chi connectivity index (χ0n) is 9.18. The molecule has 0 aromatic carbocycles. The molecule has 84 valence electrons. The molecule has 1 aliphatic rings. The molecular weight excluding hydrogens is 210 g/mol. The second-order valence-corrected chi connectivity index (χ2v) is 4.59. The number of piperazine rings is 1. The van der Waals surface area contributed by atoms with Crippen LogP contribution in [0, 0.1) is 0 Å². The maximum Gasteiger partial charge on any atom is 0.233 e. The van der Waals surface area contributed by atoms with E-state index in [1.54, 1.807) is 0 Å². The van der Waals surface area contributed by atoms with Crippen LogP contribution in [-0.2, 0) is 0 Å². The summed E-state index contributed by atoms with van der Waals surface area (Å²) in [5, 5.41) is 0.954. The van der Waals surface area contributed by atoms with E-state index in [0.717, 1.165) is 31.3 Å². The lowest BCUT2D eigenvalue weighted by Crippen LogP contribution is -2.51. The molecule has 6 heteroatoms. The molecule has 0 aliphatic carbocycles. The normalized spacial score (nSPS) is 23.3. The summed E-state index contributed by atoms with van der Waals surface area (Å²) < 4.78 is 4.01. The number of nitrogens with two attached hydrogens (primary N) is 1. The molecule has 1 aliphatic heterocycles. The molecule has 1 fully saturated rings. The van der Waals surface area contributed by atoms with Crippen LogP contribution in [0.2, 0.25) is 0 Å². The summed E-state index contributed by atoms with van der Waals surface area (Å²) in [5.41, 5.74) is 5.52.